The molecule has 0 aliphatic heterocycles. The summed E-state index contributed by atoms with van der Waals surface area (Å²) in [6, 6.07) is 1.95. The van der Waals surface area contributed by atoms with Crippen LogP contribution in [0, 0.1) is 20.8 Å². The predicted molar refractivity (Wildman–Crippen MR) is 97.8 cm³/mol. The third kappa shape index (κ3) is 3.57. The van der Waals surface area contributed by atoms with E-state index in [9.17, 15) is 4.79 Å². The average Bonchev–Trinajstić information content (AvgIpc) is 3.21. The number of amides is 1. The number of aryl methyl sites for hydroxylation is 4. The molecule has 0 spiro atoms. The molecule has 3 heterocycles. The SMILES string of the molecule is Cc1nn(C)cc1C(=O)N[C@@H](Cc1ccsc1)c1nc(C)c(C)s1. The first-order chi connectivity index (χ1) is 11.4. The number of aromatic nitrogens is 3. The standard InChI is InChI=1S/C17H20N4OS2/c1-10-12(3)24-17(18-10)15(7-13-5-6-23-9-13)19-16(22)14-8-21(4)20-11(14)2/h5-6,8-9,15H,7H2,1-4H3,(H,19,22)/t15-/m0/s1. The molecule has 0 radical (unpaired) electrons. The van der Waals surface area contributed by atoms with Gasteiger partial charge in [0.2, 0.25) is 0 Å². The van der Waals surface area contributed by atoms with Gasteiger partial charge in [-0.3, -0.25) is 9.48 Å². The molecule has 3 rings (SSSR count). The molecule has 3 aromatic heterocycles. The van der Waals surface area contributed by atoms with Gasteiger partial charge >= 0.3 is 0 Å². The summed E-state index contributed by atoms with van der Waals surface area (Å²) in [4.78, 5) is 18.5. The number of nitrogens with one attached hydrogen (secondary N) is 1. The van der Waals surface area contributed by atoms with Gasteiger partial charge in [-0.05, 0) is 43.2 Å². The van der Waals surface area contributed by atoms with Crippen LogP contribution in [0.15, 0.2) is 23.0 Å². The van der Waals surface area contributed by atoms with Crippen molar-refractivity contribution in [2.24, 2.45) is 7.05 Å². The predicted octanol–water partition coefficient (Wildman–Crippen LogP) is 3.58. The van der Waals surface area contributed by atoms with Crippen molar-refractivity contribution in [2.45, 2.75) is 33.2 Å². The quantitative estimate of drug-likeness (QED) is 0.756. The van der Waals surface area contributed by atoms with Gasteiger partial charge in [-0.2, -0.15) is 16.4 Å². The van der Waals surface area contributed by atoms with Gasteiger partial charge in [0.25, 0.3) is 5.91 Å². The monoisotopic (exact) mass is 360 g/mol. The maximum atomic E-state index is 12.7. The summed E-state index contributed by atoms with van der Waals surface area (Å²) in [5.41, 5.74) is 3.57. The third-order valence-corrected chi connectivity index (χ3v) is 5.85. The van der Waals surface area contributed by atoms with Crippen LogP contribution in [0.2, 0.25) is 0 Å². The molecular weight excluding hydrogens is 340 g/mol. The Morgan fingerprint density at radius 2 is 2.12 bits per heavy atom. The fraction of sp³-hybridized carbons (Fsp3) is 0.353. The van der Waals surface area contributed by atoms with Crippen molar-refractivity contribution in [1.29, 1.82) is 0 Å². The Morgan fingerprint density at radius 3 is 2.67 bits per heavy atom. The number of carbonyl (C=O) groups is 1. The minimum absolute atomic E-state index is 0.105. The van der Waals surface area contributed by atoms with E-state index in [4.69, 9.17) is 0 Å². The van der Waals surface area contributed by atoms with Crippen LogP contribution in [0.3, 0.4) is 0 Å². The van der Waals surface area contributed by atoms with Crippen molar-refractivity contribution in [1.82, 2.24) is 20.1 Å². The highest BCUT2D eigenvalue weighted by molar-refractivity contribution is 7.11. The lowest BCUT2D eigenvalue weighted by atomic mass is 10.1. The van der Waals surface area contributed by atoms with Gasteiger partial charge < -0.3 is 5.32 Å². The molecule has 0 aliphatic carbocycles. The lowest BCUT2D eigenvalue weighted by molar-refractivity contribution is 0.0935. The van der Waals surface area contributed by atoms with Gasteiger partial charge in [0.1, 0.15) is 5.01 Å². The fourth-order valence-corrected chi connectivity index (χ4v) is 4.21. The molecule has 0 aromatic carbocycles. The molecule has 1 amide bonds. The maximum absolute atomic E-state index is 12.7. The first-order valence-electron chi connectivity index (χ1n) is 7.70. The second-order valence-electron chi connectivity index (χ2n) is 5.86. The van der Waals surface area contributed by atoms with Crippen molar-refractivity contribution < 1.29 is 4.79 Å². The molecule has 1 N–H and O–H groups in total. The van der Waals surface area contributed by atoms with Crippen LogP contribution in [0.1, 0.15) is 43.2 Å². The van der Waals surface area contributed by atoms with Crippen molar-refractivity contribution >= 4 is 28.6 Å². The van der Waals surface area contributed by atoms with Crippen LogP contribution in [-0.4, -0.2) is 20.7 Å². The van der Waals surface area contributed by atoms with E-state index >= 15 is 0 Å². The number of carbonyl (C=O) groups excluding carboxylic acids is 1. The molecule has 126 valence electrons. The molecule has 0 saturated heterocycles. The summed E-state index contributed by atoms with van der Waals surface area (Å²) < 4.78 is 1.66. The molecule has 0 fully saturated rings. The third-order valence-electron chi connectivity index (χ3n) is 3.93. The Morgan fingerprint density at radius 1 is 1.33 bits per heavy atom. The summed E-state index contributed by atoms with van der Waals surface area (Å²) >= 11 is 3.31. The topological polar surface area (TPSA) is 59.8 Å². The van der Waals surface area contributed by atoms with Crippen LogP contribution >= 0.6 is 22.7 Å². The van der Waals surface area contributed by atoms with Crippen molar-refractivity contribution in [3.63, 3.8) is 0 Å². The van der Waals surface area contributed by atoms with Crippen LogP contribution in [0.4, 0.5) is 0 Å². The van der Waals surface area contributed by atoms with Crippen molar-refractivity contribution in [3.05, 3.63) is 55.4 Å². The fourth-order valence-electron chi connectivity index (χ4n) is 2.55. The Bertz CT molecular complexity index is 829. The molecule has 0 aliphatic rings. The second kappa shape index (κ2) is 6.86. The minimum Gasteiger partial charge on any atom is -0.342 e. The summed E-state index contributed by atoms with van der Waals surface area (Å²) in [6.07, 6.45) is 2.49. The Kier molecular flexibility index (Phi) is 4.82. The normalized spacial score (nSPS) is 12.3. The smallest absolute Gasteiger partial charge is 0.255 e. The lowest BCUT2D eigenvalue weighted by Crippen LogP contribution is -2.30. The number of rotatable bonds is 5. The average molecular weight is 361 g/mol. The molecular formula is C17H20N4OS2. The lowest BCUT2D eigenvalue weighted by Gasteiger charge is -2.16. The van der Waals surface area contributed by atoms with Crippen LogP contribution in [0.5, 0.6) is 0 Å². The summed E-state index contributed by atoms with van der Waals surface area (Å²) in [7, 11) is 1.82. The Labute approximate surface area is 149 Å². The van der Waals surface area contributed by atoms with Gasteiger partial charge in [0.05, 0.1) is 23.0 Å². The molecule has 7 heteroatoms. The zero-order valence-corrected chi connectivity index (χ0v) is 15.8. The van der Waals surface area contributed by atoms with E-state index in [0.717, 1.165) is 22.8 Å². The molecule has 3 aromatic rings. The highest BCUT2D eigenvalue weighted by Gasteiger charge is 2.22. The van der Waals surface area contributed by atoms with E-state index in [0.29, 0.717) is 5.56 Å². The highest BCUT2D eigenvalue weighted by atomic mass is 32.1. The van der Waals surface area contributed by atoms with Crippen molar-refractivity contribution in [2.75, 3.05) is 0 Å². The maximum Gasteiger partial charge on any atom is 0.255 e. The Balaban J connectivity index is 1.86. The second-order valence-corrected chi connectivity index (χ2v) is 7.87. The number of nitrogens with zero attached hydrogens (tertiary/aromatic N) is 3. The van der Waals surface area contributed by atoms with Gasteiger partial charge in [0, 0.05) is 24.5 Å². The molecule has 0 bridgehead atoms. The zero-order valence-electron chi connectivity index (χ0n) is 14.2. The molecule has 5 nitrogen and oxygen atoms in total. The van der Waals surface area contributed by atoms with E-state index in [1.807, 2.05) is 20.9 Å². The Hall–Kier alpha value is -1.99. The van der Waals surface area contributed by atoms with E-state index in [2.05, 4.69) is 39.1 Å². The number of hydrogen-bond donors (Lipinski definition) is 1. The van der Waals surface area contributed by atoms with Gasteiger partial charge in [-0.25, -0.2) is 4.98 Å². The summed E-state index contributed by atoms with van der Waals surface area (Å²) in [5.74, 6) is -0.105. The summed E-state index contributed by atoms with van der Waals surface area (Å²) in [5, 5.41) is 12.5. The first-order valence-corrected chi connectivity index (χ1v) is 9.46. The van der Waals surface area contributed by atoms with Gasteiger partial charge in [-0.1, -0.05) is 0 Å². The highest BCUT2D eigenvalue weighted by Crippen LogP contribution is 2.26. The van der Waals surface area contributed by atoms with Gasteiger partial charge in [-0.15, -0.1) is 11.3 Å². The largest absolute Gasteiger partial charge is 0.342 e. The molecule has 0 saturated carbocycles. The molecule has 24 heavy (non-hydrogen) atoms. The zero-order chi connectivity index (χ0) is 17.3. The number of thiophene rings is 1. The molecule has 0 unspecified atom stereocenters. The van der Waals surface area contributed by atoms with E-state index in [1.54, 1.807) is 33.6 Å². The van der Waals surface area contributed by atoms with E-state index in [-0.39, 0.29) is 11.9 Å². The van der Waals surface area contributed by atoms with Crippen LogP contribution in [0.25, 0.3) is 0 Å². The van der Waals surface area contributed by atoms with Crippen LogP contribution in [-0.2, 0) is 13.5 Å². The number of thiazole rings is 1. The molecule has 1 atom stereocenters. The van der Waals surface area contributed by atoms with Crippen molar-refractivity contribution in [3.8, 4) is 0 Å². The van der Waals surface area contributed by atoms with E-state index in [1.165, 1.54) is 10.4 Å². The number of hydrogen-bond acceptors (Lipinski definition) is 5. The summed E-state index contributed by atoms with van der Waals surface area (Å²) in [6.45, 7) is 5.91. The first kappa shape index (κ1) is 16.9. The van der Waals surface area contributed by atoms with E-state index < -0.39 is 0 Å². The van der Waals surface area contributed by atoms with Gasteiger partial charge in [0.15, 0.2) is 0 Å². The van der Waals surface area contributed by atoms with Crippen LogP contribution < -0.4 is 5.32 Å². The minimum atomic E-state index is -0.135.